The predicted octanol–water partition coefficient (Wildman–Crippen LogP) is 2.20. The second kappa shape index (κ2) is 4.19. The van der Waals surface area contributed by atoms with Crippen LogP contribution in [0.2, 0.25) is 0 Å². The molecule has 2 saturated carbocycles. The topological polar surface area (TPSA) is 46.2 Å². The molecule has 3 N–H and O–H groups in total. The van der Waals surface area contributed by atoms with Gasteiger partial charge in [-0.05, 0) is 25.7 Å². The zero-order valence-corrected chi connectivity index (χ0v) is 9.04. The van der Waals surface area contributed by atoms with E-state index in [0.29, 0.717) is 5.92 Å². The van der Waals surface area contributed by atoms with Gasteiger partial charge >= 0.3 is 0 Å². The summed E-state index contributed by atoms with van der Waals surface area (Å²) in [6.45, 7) is 0. The van der Waals surface area contributed by atoms with E-state index in [-0.39, 0.29) is 11.6 Å². The molecule has 2 aliphatic rings. The molecule has 2 fully saturated rings. The zero-order valence-electron chi connectivity index (χ0n) is 9.04. The van der Waals surface area contributed by atoms with Crippen molar-refractivity contribution < 1.29 is 5.11 Å². The molecule has 0 unspecified atom stereocenters. The number of aliphatic hydroxyl groups is 1. The van der Waals surface area contributed by atoms with E-state index >= 15 is 0 Å². The average molecular weight is 197 g/mol. The van der Waals surface area contributed by atoms with Gasteiger partial charge in [-0.2, -0.15) is 0 Å². The first-order valence-corrected chi connectivity index (χ1v) is 6.19. The smallest absolute Gasteiger partial charge is 0.0585 e. The summed E-state index contributed by atoms with van der Waals surface area (Å²) < 4.78 is 0. The highest BCUT2D eigenvalue weighted by Crippen LogP contribution is 2.39. The third-order valence-corrected chi connectivity index (χ3v) is 4.25. The van der Waals surface area contributed by atoms with Crippen molar-refractivity contribution in [2.24, 2.45) is 11.7 Å². The number of hydrogen-bond acceptors (Lipinski definition) is 2. The third kappa shape index (κ3) is 1.96. The Morgan fingerprint density at radius 3 is 2.21 bits per heavy atom. The second-order valence-corrected chi connectivity index (χ2v) is 5.25. The Hall–Kier alpha value is -0.0800. The fraction of sp³-hybridized carbons (Fsp3) is 1.00. The molecule has 0 aromatic rings. The van der Waals surface area contributed by atoms with E-state index in [1.807, 2.05) is 0 Å². The van der Waals surface area contributed by atoms with Crippen molar-refractivity contribution in [1.82, 2.24) is 0 Å². The van der Waals surface area contributed by atoms with Gasteiger partial charge in [0.1, 0.15) is 0 Å². The molecule has 0 radical (unpaired) electrons. The highest BCUT2D eigenvalue weighted by Gasteiger charge is 2.40. The average Bonchev–Trinajstić information content (AvgIpc) is 2.19. The summed E-state index contributed by atoms with van der Waals surface area (Å²) >= 11 is 0. The van der Waals surface area contributed by atoms with Crippen LogP contribution in [0.5, 0.6) is 0 Å². The Balaban J connectivity index is 2.02. The summed E-state index contributed by atoms with van der Waals surface area (Å²) in [6.07, 6.45) is 10.6. The first-order chi connectivity index (χ1) is 6.72. The van der Waals surface area contributed by atoms with Gasteiger partial charge in [0.2, 0.25) is 0 Å². The Morgan fingerprint density at radius 2 is 1.57 bits per heavy atom. The molecular weight excluding hydrogens is 174 g/mol. The van der Waals surface area contributed by atoms with Crippen molar-refractivity contribution in [2.75, 3.05) is 0 Å². The molecule has 0 heterocycles. The van der Waals surface area contributed by atoms with E-state index in [1.165, 1.54) is 32.1 Å². The monoisotopic (exact) mass is 197 g/mol. The van der Waals surface area contributed by atoms with E-state index in [4.69, 9.17) is 5.73 Å². The lowest BCUT2D eigenvalue weighted by molar-refractivity contribution is 0.0112. The molecule has 2 heteroatoms. The number of rotatable bonds is 1. The Morgan fingerprint density at radius 1 is 0.929 bits per heavy atom. The van der Waals surface area contributed by atoms with Crippen LogP contribution in [0.3, 0.4) is 0 Å². The lowest BCUT2D eigenvalue weighted by Crippen LogP contribution is -2.53. The lowest BCUT2D eigenvalue weighted by atomic mass is 9.67. The quantitative estimate of drug-likeness (QED) is 0.677. The van der Waals surface area contributed by atoms with Crippen LogP contribution in [-0.2, 0) is 0 Å². The van der Waals surface area contributed by atoms with Crippen LogP contribution in [0.15, 0.2) is 0 Å². The van der Waals surface area contributed by atoms with Crippen LogP contribution in [0.4, 0.5) is 0 Å². The normalized spacial score (nSPS) is 38.1. The maximum absolute atomic E-state index is 10.0. The summed E-state index contributed by atoms with van der Waals surface area (Å²) in [5, 5.41) is 10.0. The molecule has 2 rings (SSSR count). The molecule has 14 heavy (non-hydrogen) atoms. The van der Waals surface area contributed by atoms with Crippen molar-refractivity contribution in [3.05, 3.63) is 0 Å². The Kier molecular flexibility index (Phi) is 3.13. The molecule has 0 aliphatic heterocycles. The lowest BCUT2D eigenvalue weighted by Gasteiger charge is -2.44. The summed E-state index contributed by atoms with van der Waals surface area (Å²) in [6, 6.07) is 0. The predicted molar refractivity (Wildman–Crippen MR) is 58.0 cm³/mol. The molecule has 2 nitrogen and oxygen atoms in total. The van der Waals surface area contributed by atoms with E-state index in [1.54, 1.807) is 0 Å². The summed E-state index contributed by atoms with van der Waals surface area (Å²) in [5.41, 5.74) is 6.43. The van der Waals surface area contributed by atoms with Gasteiger partial charge in [0.25, 0.3) is 0 Å². The van der Waals surface area contributed by atoms with Crippen molar-refractivity contribution in [1.29, 1.82) is 0 Å². The van der Waals surface area contributed by atoms with E-state index in [9.17, 15) is 5.11 Å². The molecule has 0 bridgehead atoms. The molecule has 0 aromatic carbocycles. The molecule has 0 saturated heterocycles. The van der Waals surface area contributed by atoms with Crippen LogP contribution in [0, 0.1) is 5.92 Å². The number of aliphatic hydroxyl groups excluding tert-OH is 1. The largest absolute Gasteiger partial charge is 0.393 e. The van der Waals surface area contributed by atoms with Crippen molar-refractivity contribution >= 4 is 0 Å². The maximum Gasteiger partial charge on any atom is 0.0585 e. The first kappa shape index (κ1) is 10.4. The first-order valence-electron chi connectivity index (χ1n) is 6.19. The minimum atomic E-state index is -0.119. The van der Waals surface area contributed by atoms with Crippen LogP contribution in [-0.4, -0.2) is 16.7 Å². The summed E-state index contributed by atoms with van der Waals surface area (Å²) in [5.74, 6) is 0.386. The minimum absolute atomic E-state index is 0.0297. The van der Waals surface area contributed by atoms with Crippen LogP contribution in [0.1, 0.15) is 57.8 Å². The molecule has 0 amide bonds. The number of nitrogens with two attached hydrogens (primary N) is 1. The van der Waals surface area contributed by atoms with Gasteiger partial charge in [0.05, 0.1) is 6.10 Å². The van der Waals surface area contributed by atoms with Crippen molar-refractivity contribution in [3.8, 4) is 0 Å². The van der Waals surface area contributed by atoms with E-state index < -0.39 is 0 Å². The molecular formula is C12H23NO. The molecule has 2 aliphatic carbocycles. The zero-order chi connectivity index (χ0) is 10.0. The van der Waals surface area contributed by atoms with Crippen molar-refractivity contribution in [3.63, 3.8) is 0 Å². The molecule has 0 spiro atoms. The van der Waals surface area contributed by atoms with Crippen LogP contribution < -0.4 is 5.73 Å². The van der Waals surface area contributed by atoms with Crippen LogP contribution in [0.25, 0.3) is 0 Å². The fourth-order valence-corrected chi connectivity index (χ4v) is 3.36. The molecule has 82 valence electrons. The highest BCUT2D eigenvalue weighted by atomic mass is 16.3. The van der Waals surface area contributed by atoms with Gasteiger partial charge in [-0.25, -0.2) is 0 Å². The van der Waals surface area contributed by atoms with E-state index in [2.05, 4.69) is 0 Å². The Labute approximate surface area is 86.9 Å². The van der Waals surface area contributed by atoms with Crippen LogP contribution >= 0.6 is 0 Å². The van der Waals surface area contributed by atoms with Gasteiger partial charge in [0.15, 0.2) is 0 Å². The van der Waals surface area contributed by atoms with Gasteiger partial charge in [0, 0.05) is 11.5 Å². The van der Waals surface area contributed by atoms with Gasteiger partial charge in [-0.1, -0.05) is 32.1 Å². The van der Waals surface area contributed by atoms with Gasteiger partial charge in [-0.15, -0.1) is 0 Å². The highest BCUT2D eigenvalue weighted by molar-refractivity contribution is 4.97. The van der Waals surface area contributed by atoms with Crippen molar-refractivity contribution in [2.45, 2.75) is 69.4 Å². The SMILES string of the molecule is NC1([C@@H]2CCCC[C@@H]2O)CCCCC1. The fourth-order valence-electron chi connectivity index (χ4n) is 3.36. The van der Waals surface area contributed by atoms with Gasteiger partial charge in [-0.3, -0.25) is 0 Å². The Bertz CT molecular complexity index is 187. The van der Waals surface area contributed by atoms with Gasteiger partial charge < -0.3 is 10.8 Å². The molecule has 2 atom stereocenters. The van der Waals surface area contributed by atoms with E-state index in [0.717, 1.165) is 25.7 Å². The summed E-state index contributed by atoms with van der Waals surface area (Å²) in [4.78, 5) is 0. The molecule has 0 aromatic heterocycles. The second-order valence-electron chi connectivity index (χ2n) is 5.25. The number of hydrogen-bond donors (Lipinski definition) is 2. The minimum Gasteiger partial charge on any atom is -0.393 e. The third-order valence-electron chi connectivity index (χ3n) is 4.25. The summed E-state index contributed by atoms with van der Waals surface area (Å²) in [7, 11) is 0. The maximum atomic E-state index is 10.0. The standard InChI is InChI=1S/C12H23NO/c13-12(8-4-1-5-9-12)10-6-2-3-7-11(10)14/h10-11,14H,1-9,13H2/t10-,11+/m1/s1.